The van der Waals surface area contributed by atoms with E-state index in [1.165, 1.54) is 10.8 Å². The van der Waals surface area contributed by atoms with Crippen molar-refractivity contribution in [3.05, 3.63) is 60.8 Å². The summed E-state index contributed by atoms with van der Waals surface area (Å²) < 4.78 is 5.36. The lowest BCUT2D eigenvalue weighted by Gasteiger charge is -2.26. The Morgan fingerprint density at radius 3 is 2.59 bits per heavy atom. The highest BCUT2D eigenvalue weighted by Gasteiger charge is 2.09. The van der Waals surface area contributed by atoms with E-state index in [1.54, 1.807) is 6.20 Å². The number of aromatic nitrogens is 1. The van der Waals surface area contributed by atoms with E-state index >= 15 is 0 Å². The van der Waals surface area contributed by atoms with Gasteiger partial charge in [0.2, 0.25) is 0 Å². The third-order valence-electron chi connectivity index (χ3n) is 4.86. The molecule has 3 N–H and O–H groups in total. The number of thiocarbonyl (C=S) groups is 1. The number of pyridine rings is 1. The maximum atomic E-state index is 5.38. The lowest BCUT2D eigenvalue weighted by molar-refractivity contribution is 0.0389. The van der Waals surface area contributed by atoms with Crippen LogP contribution in [0.5, 0.6) is 0 Å². The lowest BCUT2D eigenvalue weighted by atomic mass is 10.1. The second-order valence-electron chi connectivity index (χ2n) is 6.95. The van der Waals surface area contributed by atoms with E-state index in [4.69, 9.17) is 17.0 Å². The average Bonchev–Trinajstić information content (AvgIpc) is 2.76. The Labute approximate surface area is 176 Å². The highest BCUT2D eigenvalue weighted by molar-refractivity contribution is 7.80. The first-order valence-corrected chi connectivity index (χ1v) is 10.2. The van der Waals surface area contributed by atoms with E-state index in [-0.39, 0.29) is 0 Å². The minimum atomic E-state index is 0.607. The van der Waals surface area contributed by atoms with Gasteiger partial charge in [0.1, 0.15) is 5.82 Å². The molecule has 6 nitrogen and oxygen atoms in total. The minimum Gasteiger partial charge on any atom is -0.379 e. The predicted octanol–water partition coefficient (Wildman–Crippen LogP) is 3.60. The van der Waals surface area contributed by atoms with Crippen molar-refractivity contribution >= 4 is 45.3 Å². The number of hydrogen-bond acceptors (Lipinski definition) is 5. The van der Waals surface area contributed by atoms with Crippen molar-refractivity contribution in [1.82, 2.24) is 15.2 Å². The Kier molecular flexibility index (Phi) is 6.51. The first kappa shape index (κ1) is 19.6. The first-order chi connectivity index (χ1) is 14.3. The number of nitrogens with zero attached hydrogens (tertiary/aromatic N) is 2. The number of benzene rings is 2. The topological polar surface area (TPSA) is 61.5 Å². The number of anilines is 3. The second-order valence-corrected chi connectivity index (χ2v) is 7.36. The molecule has 1 fully saturated rings. The zero-order valence-electron chi connectivity index (χ0n) is 16.2. The summed E-state index contributed by atoms with van der Waals surface area (Å²) in [6, 6.07) is 18.5. The van der Waals surface area contributed by atoms with Gasteiger partial charge in [0.05, 0.1) is 25.1 Å². The molecule has 2 heterocycles. The molecule has 150 valence electrons. The van der Waals surface area contributed by atoms with Crippen molar-refractivity contribution in [3.8, 4) is 0 Å². The molecule has 0 bridgehead atoms. The zero-order valence-corrected chi connectivity index (χ0v) is 17.0. The van der Waals surface area contributed by atoms with Crippen LogP contribution < -0.4 is 16.0 Å². The Balaban J connectivity index is 1.26. The van der Waals surface area contributed by atoms with E-state index in [9.17, 15) is 0 Å². The molecule has 2 aromatic carbocycles. The number of fused-ring (bicyclic) bond motifs is 1. The molecule has 1 aromatic heterocycles. The van der Waals surface area contributed by atoms with Crippen LogP contribution in [-0.4, -0.2) is 54.4 Å². The summed E-state index contributed by atoms with van der Waals surface area (Å²) in [4.78, 5) is 6.85. The Hall–Kier alpha value is -2.74. The molecular weight excluding hydrogens is 382 g/mol. The van der Waals surface area contributed by atoms with Gasteiger partial charge in [-0.1, -0.05) is 30.3 Å². The number of nitrogens with one attached hydrogen (secondary N) is 3. The third kappa shape index (κ3) is 5.63. The molecule has 1 aliphatic heterocycles. The molecule has 4 rings (SSSR count). The van der Waals surface area contributed by atoms with Crippen LogP contribution in [0.3, 0.4) is 0 Å². The molecule has 0 amide bonds. The van der Waals surface area contributed by atoms with E-state index in [1.807, 2.05) is 24.3 Å². The predicted molar refractivity (Wildman–Crippen MR) is 123 cm³/mol. The summed E-state index contributed by atoms with van der Waals surface area (Å²) in [6.07, 6.45) is 1.78. The number of morpholine rings is 1. The molecule has 0 unspecified atom stereocenters. The lowest BCUT2D eigenvalue weighted by Crippen LogP contribution is -2.42. The average molecular weight is 408 g/mol. The van der Waals surface area contributed by atoms with Gasteiger partial charge in [-0.3, -0.25) is 4.90 Å². The molecular formula is C22H25N5OS. The highest BCUT2D eigenvalue weighted by atomic mass is 32.1. The Bertz CT molecular complexity index is 957. The van der Waals surface area contributed by atoms with Crippen molar-refractivity contribution < 1.29 is 4.74 Å². The van der Waals surface area contributed by atoms with Crippen LogP contribution in [0.2, 0.25) is 0 Å². The van der Waals surface area contributed by atoms with Crippen molar-refractivity contribution in [2.75, 3.05) is 50.0 Å². The van der Waals surface area contributed by atoms with E-state index in [2.05, 4.69) is 56.2 Å². The molecule has 7 heteroatoms. The molecule has 0 saturated carbocycles. The van der Waals surface area contributed by atoms with Crippen LogP contribution >= 0.6 is 12.2 Å². The van der Waals surface area contributed by atoms with Gasteiger partial charge in [0.15, 0.2) is 5.11 Å². The Morgan fingerprint density at radius 1 is 1.00 bits per heavy atom. The van der Waals surface area contributed by atoms with Crippen molar-refractivity contribution in [3.63, 3.8) is 0 Å². The van der Waals surface area contributed by atoms with Gasteiger partial charge in [-0.15, -0.1) is 0 Å². The van der Waals surface area contributed by atoms with Crippen LogP contribution in [0.4, 0.5) is 17.2 Å². The van der Waals surface area contributed by atoms with Gasteiger partial charge in [0, 0.05) is 31.9 Å². The zero-order chi connectivity index (χ0) is 19.9. The summed E-state index contributed by atoms with van der Waals surface area (Å²) in [5.74, 6) is 0.789. The normalized spacial score (nSPS) is 14.5. The molecule has 1 saturated heterocycles. The largest absolute Gasteiger partial charge is 0.379 e. The fourth-order valence-corrected chi connectivity index (χ4v) is 3.50. The quantitative estimate of drug-likeness (QED) is 0.540. The summed E-state index contributed by atoms with van der Waals surface area (Å²) in [6.45, 7) is 5.36. The van der Waals surface area contributed by atoms with Crippen LogP contribution in [-0.2, 0) is 4.74 Å². The fraction of sp³-hybridized carbons (Fsp3) is 0.273. The minimum absolute atomic E-state index is 0.607. The summed E-state index contributed by atoms with van der Waals surface area (Å²) >= 11 is 5.38. The van der Waals surface area contributed by atoms with Crippen LogP contribution in [0.1, 0.15) is 0 Å². The molecule has 29 heavy (non-hydrogen) atoms. The van der Waals surface area contributed by atoms with Gasteiger partial charge in [-0.2, -0.15) is 0 Å². The Morgan fingerprint density at radius 2 is 1.79 bits per heavy atom. The van der Waals surface area contributed by atoms with Gasteiger partial charge in [0.25, 0.3) is 0 Å². The monoisotopic (exact) mass is 407 g/mol. The molecule has 0 atom stereocenters. The summed E-state index contributed by atoms with van der Waals surface area (Å²) in [5, 5.41) is 12.8. The van der Waals surface area contributed by atoms with E-state index < -0.39 is 0 Å². The van der Waals surface area contributed by atoms with Gasteiger partial charge < -0.3 is 20.7 Å². The van der Waals surface area contributed by atoms with E-state index in [0.717, 1.165) is 56.6 Å². The summed E-state index contributed by atoms with van der Waals surface area (Å²) in [5.41, 5.74) is 1.87. The fourth-order valence-electron chi connectivity index (χ4n) is 3.28. The van der Waals surface area contributed by atoms with Crippen molar-refractivity contribution in [2.45, 2.75) is 0 Å². The highest BCUT2D eigenvalue weighted by Crippen LogP contribution is 2.22. The smallest absolute Gasteiger partial charge is 0.170 e. The maximum absolute atomic E-state index is 5.38. The first-order valence-electron chi connectivity index (χ1n) is 9.83. The van der Waals surface area contributed by atoms with Crippen molar-refractivity contribution in [1.29, 1.82) is 0 Å². The van der Waals surface area contributed by atoms with Crippen molar-refractivity contribution in [2.24, 2.45) is 0 Å². The molecule has 1 aliphatic rings. The van der Waals surface area contributed by atoms with Gasteiger partial charge in [-0.25, -0.2) is 4.98 Å². The molecule has 0 aliphatic carbocycles. The standard InChI is InChI=1S/C22H25N5OS/c29-22(23-9-10-27-11-13-28-14-12-27)26-20-7-8-21(24-16-20)25-19-6-5-17-3-1-2-4-18(17)15-19/h1-8,15-16H,9-14H2,(H,24,25)(H2,23,26,29). The van der Waals surface area contributed by atoms with Crippen LogP contribution in [0.15, 0.2) is 60.8 Å². The number of rotatable bonds is 6. The molecule has 0 spiro atoms. The number of hydrogen-bond donors (Lipinski definition) is 3. The number of ether oxygens (including phenoxy) is 1. The molecule has 0 radical (unpaired) electrons. The van der Waals surface area contributed by atoms with Gasteiger partial charge >= 0.3 is 0 Å². The van der Waals surface area contributed by atoms with E-state index in [0.29, 0.717) is 5.11 Å². The second kappa shape index (κ2) is 9.65. The summed E-state index contributed by atoms with van der Waals surface area (Å²) in [7, 11) is 0. The maximum Gasteiger partial charge on any atom is 0.170 e. The van der Waals surface area contributed by atoms with Crippen LogP contribution in [0, 0.1) is 0 Å². The molecule has 3 aromatic rings. The SMILES string of the molecule is S=C(NCCN1CCOCC1)Nc1ccc(Nc2ccc3ccccc3c2)nc1. The third-order valence-corrected chi connectivity index (χ3v) is 5.11. The van der Waals surface area contributed by atoms with Crippen LogP contribution in [0.25, 0.3) is 10.8 Å². The van der Waals surface area contributed by atoms with Gasteiger partial charge in [-0.05, 0) is 47.3 Å².